The maximum Gasteiger partial charge on any atom is 0.264 e. The van der Waals surface area contributed by atoms with E-state index in [1.54, 1.807) is 16.2 Å². The van der Waals surface area contributed by atoms with Gasteiger partial charge in [-0.25, -0.2) is 8.42 Å². The second kappa shape index (κ2) is 7.90. The molecule has 140 valence electrons. The number of amides is 1. The van der Waals surface area contributed by atoms with Crippen LogP contribution in [-0.2, 0) is 22.2 Å². The molecule has 3 rings (SSSR count). The first-order valence-electron chi connectivity index (χ1n) is 8.81. The fourth-order valence-electron chi connectivity index (χ4n) is 3.18. The summed E-state index contributed by atoms with van der Waals surface area (Å²) in [4.78, 5) is 16.4. The summed E-state index contributed by atoms with van der Waals surface area (Å²) in [7, 11) is -3.36. The van der Waals surface area contributed by atoms with Gasteiger partial charge >= 0.3 is 0 Å². The molecular formula is C19H24N2O3S2. The Kier molecular flexibility index (Phi) is 5.79. The molecule has 1 fully saturated rings. The predicted molar refractivity (Wildman–Crippen MR) is 105 cm³/mol. The average molecular weight is 393 g/mol. The van der Waals surface area contributed by atoms with Crippen LogP contribution in [0.1, 0.15) is 32.6 Å². The molecule has 5 nitrogen and oxygen atoms in total. The maximum absolute atomic E-state index is 12.7. The molecule has 1 saturated heterocycles. The molecule has 0 radical (unpaired) electrons. The first-order chi connectivity index (χ1) is 12.4. The fourth-order valence-corrected chi connectivity index (χ4v) is 5.78. The number of carbonyl (C=O) groups is 1. The third-order valence-electron chi connectivity index (χ3n) is 4.66. The van der Waals surface area contributed by atoms with Gasteiger partial charge in [0.15, 0.2) is 0 Å². The molecule has 2 heterocycles. The van der Waals surface area contributed by atoms with Crippen LogP contribution in [0, 0.1) is 6.92 Å². The summed E-state index contributed by atoms with van der Waals surface area (Å²) in [5.74, 6) is 0.0177. The number of piperazine rings is 1. The quantitative estimate of drug-likeness (QED) is 0.786. The van der Waals surface area contributed by atoms with E-state index in [0.717, 1.165) is 22.4 Å². The Bertz CT molecular complexity index is 867. The van der Waals surface area contributed by atoms with E-state index >= 15 is 0 Å². The van der Waals surface area contributed by atoms with Crippen LogP contribution in [0.5, 0.6) is 0 Å². The summed E-state index contributed by atoms with van der Waals surface area (Å²) >= 11 is 1.55. The number of sulfonamides is 1. The molecule has 1 aliphatic heterocycles. The summed E-state index contributed by atoms with van der Waals surface area (Å²) < 4.78 is 26.7. The molecular weight excluding hydrogens is 368 g/mol. The van der Waals surface area contributed by atoms with Gasteiger partial charge in [-0.05, 0) is 30.5 Å². The Morgan fingerprint density at radius 2 is 1.77 bits per heavy atom. The van der Waals surface area contributed by atoms with E-state index in [4.69, 9.17) is 0 Å². The lowest BCUT2D eigenvalue weighted by atomic mass is 10.2. The SMILES string of the molecule is CCc1sc(C(=O)N2CCN(S(=O)(=O)Cc3ccccc3)CC2)cc1C. The van der Waals surface area contributed by atoms with Crippen LogP contribution >= 0.6 is 11.3 Å². The minimum Gasteiger partial charge on any atom is -0.335 e. The molecule has 1 aliphatic rings. The average Bonchev–Trinajstić information content (AvgIpc) is 3.02. The molecule has 26 heavy (non-hydrogen) atoms. The minimum absolute atomic E-state index is 0.00572. The van der Waals surface area contributed by atoms with Crippen LogP contribution in [-0.4, -0.2) is 49.7 Å². The van der Waals surface area contributed by atoms with Crippen molar-refractivity contribution in [3.05, 3.63) is 57.3 Å². The molecule has 0 N–H and O–H groups in total. The fraction of sp³-hybridized carbons (Fsp3) is 0.421. The first kappa shape index (κ1) is 19.1. The standard InChI is InChI=1S/C19H24N2O3S2/c1-3-17-15(2)13-18(25-17)19(22)20-9-11-21(12-10-20)26(23,24)14-16-7-5-4-6-8-16/h4-8,13H,3,9-12,14H2,1-2H3. The molecule has 0 saturated carbocycles. The van der Waals surface area contributed by atoms with Crippen LogP contribution < -0.4 is 0 Å². The van der Waals surface area contributed by atoms with Gasteiger partial charge in [-0.3, -0.25) is 4.79 Å². The number of thiophene rings is 1. The monoisotopic (exact) mass is 392 g/mol. The van der Waals surface area contributed by atoms with Gasteiger partial charge in [0.2, 0.25) is 10.0 Å². The third-order valence-corrected chi connectivity index (χ3v) is 7.88. The lowest BCUT2D eigenvalue weighted by Gasteiger charge is -2.33. The van der Waals surface area contributed by atoms with E-state index in [1.807, 2.05) is 43.3 Å². The molecule has 0 unspecified atom stereocenters. The zero-order chi connectivity index (χ0) is 18.7. The number of hydrogen-bond acceptors (Lipinski definition) is 4. The zero-order valence-electron chi connectivity index (χ0n) is 15.1. The molecule has 0 aliphatic carbocycles. The summed E-state index contributed by atoms with van der Waals surface area (Å²) in [6.07, 6.45) is 0.926. The Morgan fingerprint density at radius 3 is 2.35 bits per heavy atom. The van der Waals surface area contributed by atoms with Crippen molar-refractivity contribution in [2.24, 2.45) is 0 Å². The van der Waals surface area contributed by atoms with Gasteiger partial charge in [-0.2, -0.15) is 4.31 Å². The smallest absolute Gasteiger partial charge is 0.264 e. The number of carbonyl (C=O) groups excluding carboxylic acids is 1. The molecule has 7 heteroatoms. The lowest BCUT2D eigenvalue weighted by molar-refractivity contribution is 0.0702. The van der Waals surface area contributed by atoms with Crippen LogP contribution in [0.2, 0.25) is 0 Å². The summed E-state index contributed by atoms with van der Waals surface area (Å²) in [5, 5.41) is 0. The second-order valence-corrected chi connectivity index (χ2v) is 9.61. The van der Waals surface area contributed by atoms with Crippen molar-refractivity contribution < 1.29 is 13.2 Å². The first-order valence-corrected chi connectivity index (χ1v) is 11.2. The van der Waals surface area contributed by atoms with Gasteiger partial charge in [-0.1, -0.05) is 37.3 Å². The Hall–Kier alpha value is -1.70. The van der Waals surface area contributed by atoms with E-state index in [2.05, 4.69) is 6.92 Å². The normalized spacial score (nSPS) is 16.0. The van der Waals surface area contributed by atoms with E-state index in [0.29, 0.717) is 26.2 Å². The van der Waals surface area contributed by atoms with Crippen LogP contribution in [0.4, 0.5) is 0 Å². The number of aryl methyl sites for hydroxylation is 2. The highest BCUT2D eigenvalue weighted by molar-refractivity contribution is 7.88. The van der Waals surface area contributed by atoms with Crippen molar-refractivity contribution in [3.8, 4) is 0 Å². The van der Waals surface area contributed by atoms with Gasteiger partial charge in [-0.15, -0.1) is 11.3 Å². The Labute approximate surface area is 159 Å². The van der Waals surface area contributed by atoms with Crippen molar-refractivity contribution in [1.82, 2.24) is 9.21 Å². The predicted octanol–water partition coefficient (Wildman–Crippen LogP) is 2.91. The van der Waals surface area contributed by atoms with Crippen molar-refractivity contribution in [3.63, 3.8) is 0 Å². The van der Waals surface area contributed by atoms with Crippen LogP contribution in [0.3, 0.4) is 0 Å². The molecule has 0 bridgehead atoms. The summed E-state index contributed by atoms with van der Waals surface area (Å²) in [5.41, 5.74) is 1.94. The minimum atomic E-state index is -3.36. The van der Waals surface area contributed by atoms with Crippen LogP contribution in [0.15, 0.2) is 36.4 Å². The van der Waals surface area contributed by atoms with Gasteiger partial charge in [0.05, 0.1) is 10.6 Å². The van der Waals surface area contributed by atoms with Gasteiger partial charge in [0.25, 0.3) is 5.91 Å². The maximum atomic E-state index is 12.7. The molecule has 1 aromatic heterocycles. The number of nitrogens with zero attached hydrogens (tertiary/aromatic N) is 2. The summed E-state index contributed by atoms with van der Waals surface area (Å²) in [6.45, 7) is 5.69. The second-order valence-electron chi connectivity index (χ2n) is 6.50. The molecule has 2 aromatic rings. The number of hydrogen-bond donors (Lipinski definition) is 0. The highest BCUT2D eigenvalue weighted by Gasteiger charge is 2.30. The highest BCUT2D eigenvalue weighted by Crippen LogP contribution is 2.24. The number of benzene rings is 1. The Balaban J connectivity index is 1.62. The number of rotatable bonds is 5. The van der Waals surface area contributed by atoms with Crippen molar-refractivity contribution in [2.75, 3.05) is 26.2 Å². The molecule has 1 amide bonds. The van der Waals surface area contributed by atoms with E-state index in [1.165, 1.54) is 9.18 Å². The Morgan fingerprint density at radius 1 is 1.12 bits per heavy atom. The topological polar surface area (TPSA) is 57.7 Å². The van der Waals surface area contributed by atoms with E-state index < -0.39 is 10.0 Å². The zero-order valence-corrected chi connectivity index (χ0v) is 16.8. The van der Waals surface area contributed by atoms with Gasteiger partial charge < -0.3 is 4.90 Å². The van der Waals surface area contributed by atoms with Gasteiger partial charge in [0, 0.05) is 31.1 Å². The third kappa shape index (κ3) is 4.16. The largest absolute Gasteiger partial charge is 0.335 e. The van der Waals surface area contributed by atoms with Crippen molar-refractivity contribution in [1.29, 1.82) is 0 Å². The molecule has 0 atom stereocenters. The highest BCUT2D eigenvalue weighted by atomic mass is 32.2. The summed E-state index contributed by atoms with van der Waals surface area (Å²) in [6, 6.07) is 11.1. The van der Waals surface area contributed by atoms with Crippen molar-refractivity contribution >= 4 is 27.3 Å². The molecule has 0 spiro atoms. The van der Waals surface area contributed by atoms with E-state index in [-0.39, 0.29) is 11.7 Å². The lowest BCUT2D eigenvalue weighted by Crippen LogP contribution is -2.50. The van der Waals surface area contributed by atoms with Gasteiger partial charge in [0.1, 0.15) is 0 Å². The van der Waals surface area contributed by atoms with E-state index in [9.17, 15) is 13.2 Å². The van der Waals surface area contributed by atoms with Crippen molar-refractivity contribution in [2.45, 2.75) is 26.0 Å². The molecule has 1 aromatic carbocycles. The van der Waals surface area contributed by atoms with Crippen LogP contribution in [0.25, 0.3) is 0 Å².